The molecular formula is C19H29N3O2. The first-order chi connectivity index (χ1) is 11.7. The van der Waals surface area contributed by atoms with E-state index in [2.05, 4.69) is 28.2 Å². The molecule has 2 aliphatic rings. The SMILES string of the molecule is CN1CCN(Cc2cccc(C(=O)NCCC3CCCO3)c2)CC1. The second-order valence-electron chi connectivity index (χ2n) is 6.96. The molecule has 3 rings (SSSR count). The van der Waals surface area contributed by atoms with Gasteiger partial charge in [-0.25, -0.2) is 0 Å². The monoisotopic (exact) mass is 331 g/mol. The van der Waals surface area contributed by atoms with Crippen LogP contribution < -0.4 is 5.32 Å². The van der Waals surface area contributed by atoms with Gasteiger partial charge in [0.2, 0.25) is 0 Å². The minimum atomic E-state index is 0.0215. The van der Waals surface area contributed by atoms with E-state index in [4.69, 9.17) is 4.74 Å². The van der Waals surface area contributed by atoms with E-state index >= 15 is 0 Å². The van der Waals surface area contributed by atoms with E-state index in [1.165, 1.54) is 5.56 Å². The van der Waals surface area contributed by atoms with Gasteiger partial charge in [-0.2, -0.15) is 0 Å². The molecular weight excluding hydrogens is 302 g/mol. The molecule has 1 aromatic carbocycles. The molecule has 0 radical (unpaired) electrons. The van der Waals surface area contributed by atoms with Crippen molar-refractivity contribution in [1.29, 1.82) is 0 Å². The summed E-state index contributed by atoms with van der Waals surface area (Å²) in [6.07, 6.45) is 3.50. The standard InChI is InChI=1S/C19H29N3O2/c1-21-9-11-22(12-10-21)15-16-4-2-5-17(14-16)19(23)20-8-7-18-6-3-13-24-18/h2,4-5,14,18H,3,6-13,15H2,1H3,(H,20,23). The molecule has 5 heteroatoms. The number of hydrogen-bond donors (Lipinski definition) is 1. The van der Waals surface area contributed by atoms with Gasteiger partial charge >= 0.3 is 0 Å². The maximum atomic E-state index is 12.3. The van der Waals surface area contributed by atoms with Gasteiger partial charge in [-0.3, -0.25) is 9.69 Å². The Balaban J connectivity index is 1.47. The zero-order valence-electron chi connectivity index (χ0n) is 14.7. The van der Waals surface area contributed by atoms with Gasteiger partial charge < -0.3 is 15.0 Å². The van der Waals surface area contributed by atoms with Crippen LogP contribution in [-0.2, 0) is 11.3 Å². The average Bonchev–Trinajstić information content (AvgIpc) is 3.10. The number of carbonyl (C=O) groups is 1. The molecule has 0 bridgehead atoms. The van der Waals surface area contributed by atoms with E-state index in [9.17, 15) is 4.79 Å². The van der Waals surface area contributed by atoms with Crippen molar-refractivity contribution in [3.05, 3.63) is 35.4 Å². The molecule has 132 valence electrons. The highest BCUT2D eigenvalue weighted by atomic mass is 16.5. The van der Waals surface area contributed by atoms with Crippen molar-refractivity contribution in [2.24, 2.45) is 0 Å². The summed E-state index contributed by atoms with van der Waals surface area (Å²) in [6, 6.07) is 8.02. The van der Waals surface area contributed by atoms with Gasteiger partial charge in [0.1, 0.15) is 0 Å². The molecule has 0 saturated carbocycles. The van der Waals surface area contributed by atoms with Gasteiger partial charge in [0, 0.05) is 51.4 Å². The van der Waals surface area contributed by atoms with Gasteiger partial charge in [-0.05, 0) is 44.0 Å². The predicted molar refractivity (Wildman–Crippen MR) is 95.1 cm³/mol. The fourth-order valence-electron chi connectivity index (χ4n) is 3.40. The number of piperazine rings is 1. The van der Waals surface area contributed by atoms with E-state index in [1.54, 1.807) is 0 Å². The lowest BCUT2D eigenvalue weighted by Gasteiger charge is -2.32. The quantitative estimate of drug-likeness (QED) is 0.862. The molecule has 1 aromatic rings. The third-order valence-electron chi connectivity index (χ3n) is 4.97. The van der Waals surface area contributed by atoms with Crippen LogP contribution in [0.15, 0.2) is 24.3 Å². The minimum Gasteiger partial charge on any atom is -0.378 e. The van der Waals surface area contributed by atoms with Crippen LogP contribution in [0.5, 0.6) is 0 Å². The van der Waals surface area contributed by atoms with Crippen LogP contribution in [0.1, 0.15) is 35.2 Å². The number of amides is 1. The fourth-order valence-corrected chi connectivity index (χ4v) is 3.40. The van der Waals surface area contributed by atoms with Gasteiger partial charge in [0.15, 0.2) is 0 Å². The molecule has 1 atom stereocenters. The van der Waals surface area contributed by atoms with E-state index in [1.807, 2.05) is 18.2 Å². The molecule has 0 spiro atoms. The smallest absolute Gasteiger partial charge is 0.251 e. The van der Waals surface area contributed by atoms with E-state index in [0.29, 0.717) is 12.6 Å². The molecule has 0 aliphatic carbocycles. The number of nitrogens with one attached hydrogen (secondary N) is 1. The first-order valence-corrected chi connectivity index (χ1v) is 9.10. The number of benzene rings is 1. The van der Waals surface area contributed by atoms with Crippen LogP contribution in [0.25, 0.3) is 0 Å². The zero-order valence-corrected chi connectivity index (χ0v) is 14.7. The molecule has 1 unspecified atom stereocenters. The summed E-state index contributed by atoms with van der Waals surface area (Å²) >= 11 is 0. The van der Waals surface area contributed by atoms with Crippen molar-refractivity contribution in [3.63, 3.8) is 0 Å². The number of rotatable bonds is 6. The normalized spacial score (nSPS) is 22.6. The first kappa shape index (κ1) is 17.4. The molecule has 5 nitrogen and oxygen atoms in total. The lowest BCUT2D eigenvalue weighted by molar-refractivity contribution is 0.0907. The Morgan fingerprint density at radius 1 is 1.29 bits per heavy atom. The Kier molecular flexibility index (Phi) is 6.24. The maximum absolute atomic E-state index is 12.3. The van der Waals surface area contributed by atoms with Crippen LogP contribution in [0.4, 0.5) is 0 Å². The molecule has 2 saturated heterocycles. The molecule has 2 aliphatic heterocycles. The number of likely N-dealkylation sites (N-methyl/N-ethyl adjacent to an activating group) is 1. The lowest BCUT2D eigenvalue weighted by Crippen LogP contribution is -2.43. The molecule has 24 heavy (non-hydrogen) atoms. The summed E-state index contributed by atoms with van der Waals surface area (Å²) in [6.45, 7) is 6.89. The van der Waals surface area contributed by atoms with Crippen LogP contribution in [0.3, 0.4) is 0 Å². The van der Waals surface area contributed by atoms with Crippen molar-refractivity contribution >= 4 is 5.91 Å². The number of ether oxygens (including phenoxy) is 1. The fraction of sp³-hybridized carbons (Fsp3) is 0.632. The van der Waals surface area contributed by atoms with Gasteiger partial charge in [0.25, 0.3) is 5.91 Å². The van der Waals surface area contributed by atoms with Crippen molar-refractivity contribution in [3.8, 4) is 0 Å². The molecule has 2 fully saturated rings. The second-order valence-corrected chi connectivity index (χ2v) is 6.96. The maximum Gasteiger partial charge on any atom is 0.251 e. The van der Waals surface area contributed by atoms with Crippen LogP contribution in [-0.4, -0.2) is 68.2 Å². The summed E-state index contributed by atoms with van der Waals surface area (Å²) in [4.78, 5) is 17.1. The number of carbonyl (C=O) groups excluding carboxylic acids is 1. The summed E-state index contributed by atoms with van der Waals surface area (Å²) in [5.41, 5.74) is 1.97. The number of hydrogen-bond acceptors (Lipinski definition) is 4. The molecule has 1 amide bonds. The first-order valence-electron chi connectivity index (χ1n) is 9.10. The highest BCUT2D eigenvalue weighted by Crippen LogP contribution is 2.15. The van der Waals surface area contributed by atoms with E-state index < -0.39 is 0 Å². The van der Waals surface area contributed by atoms with E-state index in [-0.39, 0.29) is 5.91 Å². The molecule has 2 heterocycles. The molecule has 1 N–H and O–H groups in total. The summed E-state index contributed by atoms with van der Waals surface area (Å²) in [7, 11) is 2.17. The van der Waals surface area contributed by atoms with Crippen molar-refractivity contribution in [2.45, 2.75) is 31.9 Å². The Labute approximate surface area is 145 Å². The van der Waals surface area contributed by atoms with Gasteiger partial charge in [0.05, 0.1) is 6.10 Å². The Morgan fingerprint density at radius 3 is 2.88 bits per heavy atom. The Bertz CT molecular complexity index is 535. The van der Waals surface area contributed by atoms with Gasteiger partial charge in [-0.15, -0.1) is 0 Å². The average molecular weight is 331 g/mol. The predicted octanol–water partition coefficient (Wildman–Crippen LogP) is 1.73. The largest absolute Gasteiger partial charge is 0.378 e. The summed E-state index contributed by atoms with van der Waals surface area (Å²) < 4.78 is 5.59. The van der Waals surface area contributed by atoms with Crippen LogP contribution in [0, 0.1) is 0 Å². The summed E-state index contributed by atoms with van der Waals surface area (Å²) in [5, 5.41) is 3.02. The molecule has 0 aromatic heterocycles. The van der Waals surface area contributed by atoms with E-state index in [0.717, 1.165) is 64.2 Å². The van der Waals surface area contributed by atoms with Crippen LogP contribution >= 0.6 is 0 Å². The van der Waals surface area contributed by atoms with Crippen molar-refractivity contribution in [2.75, 3.05) is 46.4 Å². The highest BCUT2D eigenvalue weighted by molar-refractivity contribution is 5.94. The minimum absolute atomic E-state index is 0.0215. The Morgan fingerprint density at radius 2 is 2.12 bits per heavy atom. The second kappa shape index (κ2) is 8.60. The summed E-state index contributed by atoms with van der Waals surface area (Å²) in [5.74, 6) is 0.0215. The lowest BCUT2D eigenvalue weighted by atomic mass is 10.1. The topological polar surface area (TPSA) is 44.8 Å². The third kappa shape index (κ3) is 5.03. The zero-order chi connectivity index (χ0) is 16.8. The van der Waals surface area contributed by atoms with Crippen molar-refractivity contribution in [1.82, 2.24) is 15.1 Å². The highest BCUT2D eigenvalue weighted by Gasteiger charge is 2.16. The number of nitrogens with zero attached hydrogens (tertiary/aromatic N) is 2. The van der Waals surface area contributed by atoms with Crippen molar-refractivity contribution < 1.29 is 9.53 Å². The Hall–Kier alpha value is -1.43. The van der Waals surface area contributed by atoms with Gasteiger partial charge in [-0.1, -0.05) is 12.1 Å². The third-order valence-corrected chi connectivity index (χ3v) is 4.97. The van der Waals surface area contributed by atoms with Crippen LogP contribution in [0.2, 0.25) is 0 Å².